The molecule has 0 aliphatic heterocycles. The van der Waals surface area contributed by atoms with Gasteiger partial charge in [-0.05, 0) is 43.4 Å². The number of benzene rings is 1. The summed E-state index contributed by atoms with van der Waals surface area (Å²) in [5.41, 5.74) is 7.08. The van der Waals surface area contributed by atoms with Crippen LogP contribution in [0, 0.1) is 5.92 Å². The van der Waals surface area contributed by atoms with E-state index in [4.69, 9.17) is 10.5 Å². The molecular weight excluding hydrogens is 276 g/mol. The number of hydrogen-bond acceptors (Lipinski definition) is 4. The van der Waals surface area contributed by atoms with E-state index in [1.165, 1.54) is 19.3 Å². The van der Waals surface area contributed by atoms with Crippen LogP contribution >= 0.6 is 0 Å². The van der Waals surface area contributed by atoms with Crippen molar-refractivity contribution in [2.45, 2.75) is 58.0 Å². The maximum Gasteiger partial charge on any atom is 0.179 e. The zero-order valence-corrected chi connectivity index (χ0v) is 13.9. The molecule has 4 heteroatoms. The van der Waals surface area contributed by atoms with Crippen molar-refractivity contribution < 1.29 is 9.53 Å². The van der Waals surface area contributed by atoms with Crippen LogP contribution in [0.2, 0.25) is 0 Å². The van der Waals surface area contributed by atoms with Crippen molar-refractivity contribution in [1.29, 1.82) is 0 Å². The first-order chi connectivity index (χ1) is 10.6. The van der Waals surface area contributed by atoms with Crippen molar-refractivity contribution in [3.8, 4) is 5.75 Å². The molecular formula is C18H28N2O2. The van der Waals surface area contributed by atoms with E-state index in [0.717, 1.165) is 12.8 Å². The molecule has 1 saturated carbocycles. The molecule has 1 aliphatic rings. The van der Waals surface area contributed by atoms with Crippen molar-refractivity contribution in [1.82, 2.24) is 5.32 Å². The summed E-state index contributed by atoms with van der Waals surface area (Å²) in [4.78, 5) is 12.7. The molecule has 2 rings (SSSR count). The predicted octanol–water partition coefficient (Wildman–Crippen LogP) is 3.41. The molecule has 0 heterocycles. The van der Waals surface area contributed by atoms with Gasteiger partial charge in [-0.25, -0.2) is 0 Å². The highest BCUT2D eigenvalue weighted by atomic mass is 16.5. The Morgan fingerprint density at radius 1 is 1.41 bits per heavy atom. The van der Waals surface area contributed by atoms with Crippen LogP contribution in [0.5, 0.6) is 5.75 Å². The molecule has 0 amide bonds. The zero-order chi connectivity index (χ0) is 16.1. The minimum absolute atomic E-state index is 0.120. The van der Waals surface area contributed by atoms with E-state index < -0.39 is 0 Å². The topological polar surface area (TPSA) is 64.3 Å². The second-order valence-corrected chi connectivity index (χ2v) is 6.32. The molecule has 1 aromatic rings. The first-order valence-electron chi connectivity index (χ1n) is 8.30. The highest BCUT2D eigenvalue weighted by molar-refractivity contribution is 6.01. The average Bonchev–Trinajstić information content (AvgIpc) is 2.53. The lowest BCUT2D eigenvalue weighted by atomic mass is 9.85. The van der Waals surface area contributed by atoms with Gasteiger partial charge in [-0.2, -0.15) is 0 Å². The number of Topliss-reactive ketones (excluding diaryl/α,β-unsaturated/α-hetero) is 1. The Hall–Kier alpha value is -1.55. The van der Waals surface area contributed by atoms with Crippen molar-refractivity contribution in [3.05, 3.63) is 23.8 Å². The minimum atomic E-state index is -0.140. The molecule has 4 nitrogen and oxygen atoms in total. The molecule has 3 atom stereocenters. The normalized spacial score (nSPS) is 23.0. The van der Waals surface area contributed by atoms with Crippen molar-refractivity contribution >= 4 is 11.5 Å². The van der Waals surface area contributed by atoms with Gasteiger partial charge in [0.1, 0.15) is 5.75 Å². The Morgan fingerprint density at radius 3 is 2.73 bits per heavy atom. The Bertz CT molecular complexity index is 516. The molecule has 1 aromatic carbocycles. The van der Waals surface area contributed by atoms with Crippen LogP contribution in [-0.2, 0) is 0 Å². The number of nitrogens with one attached hydrogen (secondary N) is 1. The summed E-state index contributed by atoms with van der Waals surface area (Å²) in [6.07, 6.45) is 5.75. The number of carbonyl (C=O) groups excluding carboxylic acids is 1. The van der Waals surface area contributed by atoms with Gasteiger partial charge in [0.15, 0.2) is 5.78 Å². The molecule has 0 aromatic heterocycles. The second kappa shape index (κ2) is 7.63. The van der Waals surface area contributed by atoms with Gasteiger partial charge in [-0.3, -0.25) is 4.79 Å². The summed E-state index contributed by atoms with van der Waals surface area (Å²) in [6, 6.07) is 5.58. The summed E-state index contributed by atoms with van der Waals surface area (Å²) in [6.45, 7) is 4.33. The maximum atomic E-state index is 12.7. The SMILES string of the molecule is CCC(NC1CCCCC1C)C(=O)c1ccc(OC)c(N)c1. The summed E-state index contributed by atoms with van der Waals surface area (Å²) < 4.78 is 5.15. The van der Waals surface area contributed by atoms with E-state index in [0.29, 0.717) is 29.0 Å². The van der Waals surface area contributed by atoms with Gasteiger partial charge in [0.25, 0.3) is 0 Å². The first-order valence-corrected chi connectivity index (χ1v) is 8.30. The largest absolute Gasteiger partial charge is 0.495 e. The average molecular weight is 304 g/mol. The molecule has 3 N–H and O–H groups in total. The summed E-state index contributed by atoms with van der Waals surface area (Å²) in [7, 11) is 1.58. The number of carbonyl (C=O) groups is 1. The molecule has 3 unspecified atom stereocenters. The van der Waals surface area contributed by atoms with Gasteiger partial charge < -0.3 is 15.8 Å². The number of ether oxygens (including phenoxy) is 1. The maximum absolute atomic E-state index is 12.7. The predicted molar refractivity (Wildman–Crippen MR) is 90.4 cm³/mol. The molecule has 1 aliphatic carbocycles. The van der Waals surface area contributed by atoms with Crippen LogP contribution in [0.25, 0.3) is 0 Å². The Morgan fingerprint density at radius 2 is 2.14 bits per heavy atom. The second-order valence-electron chi connectivity index (χ2n) is 6.32. The number of nitrogen functional groups attached to an aromatic ring is 1. The number of hydrogen-bond donors (Lipinski definition) is 2. The van der Waals surface area contributed by atoms with Crippen LogP contribution in [-0.4, -0.2) is 25.0 Å². The summed E-state index contributed by atoms with van der Waals surface area (Å²) in [5.74, 6) is 1.37. The van der Waals surface area contributed by atoms with Gasteiger partial charge in [-0.1, -0.05) is 26.7 Å². The molecule has 122 valence electrons. The van der Waals surface area contributed by atoms with Gasteiger partial charge in [0.2, 0.25) is 0 Å². The first kappa shape index (κ1) is 16.8. The fraction of sp³-hybridized carbons (Fsp3) is 0.611. The highest BCUT2D eigenvalue weighted by Gasteiger charge is 2.27. The summed E-state index contributed by atoms with van der Waals surface area (Å²) in [5, 5.41) is 3.58. The van der Waals surface area contributed by atoms with Crippen LogP contribution in [0.15, 0.2) is 18.2 Å². The van der Waals surface area contributed by atoms with Crippen LogP contribution in [0.3, 0.4) is 0 Å². The molecule has 0 saturated heterocycles. The number of anilines is 1. The van der Waals surface area contributed by atoms with Crippen molar-refractivity contribution in [2.75, 3.05) is 12.8 Å². The van der Waals surface area contributed by atoms with Crippen LogP contribution < -0.4 is 15.8 Å². The Balaban J connectivity index is 2.09. The number of rotatable bonds is 6. The zero-order valence-electron chi connectivity index (χ0n) is 13.9. The number of methoxy groups -OCH3 is 1. The lowest BCUT2D eigenvalue weighted by Crippen LogP contribution is -2.47. The van der Waals surface area contributed by atoms with E-state index in [1.54, 1.807) is 25.3 Å². The Kier molecular flexibility index (Phi) is 5.83. The van der Waals surface area contributed by atoms with Crippen molar-refractivity contribution in [3.63, 3.8) is 0 Å². The molecule has 22 heavy (non-hydrogen) atoms. The van der Waals surface area contributed by atoms with E-state index in [2.05, 4.69) is 19.2 Å². The smallest absolute Gasteiger partial charge is 0.179 e. The van der Waals surface area contributed by atoms with E-state index in [1.807, 2.05) is 0 Å². The number of nitrogens with two attached hydrogens (primary N) is 1. The van der Waals surface area contributed by atoms with Gasteiger partial charge in [0, 0.05) is 11.6 Å². The highest BCUT2D eigenvalue weighted by Crippen LogP contribution is 2.26. The third kappa shape index (κ3) is 3.80. The van der Waals surface area contributed by atoms with E-state index >= 15 is 0 Å². The Labute approximate surface area is 133 Å². The van der Waals surface area contributed by atoms with E-state index in [9.17, 15) is 4.79 Å². The molecule has 1 fully saturated rings. The minimum Gasteiger partial charge on any atom is -0.495 e. The third-order valence-corrected chi connectivity index (χ3v) is 4.77. The quantitative estimate of drug-likeness (QED) is 0.624. The lowest BCUT2D eigenvalue weighted by molar-refractivity contribution is 0.0920. The molecule has 0 spiro atoms. The third-order valence-electron chi connectivity index (χ3n) is 4.77. The summed E-state index contributed by atoms with van der Waals surface area (Å²) >= 11 is 0. The van der Waals surface area contributed by atoms with E-state index in [-0.39, 0.29) is 11.8 Å². The molecule has 0 radical (unpaired) electrons. The monoisotopic (exact) mass is 304 g/mol. The standard InChI is InChI=1S/C18H28N2O2/c1-4-15(20-16-8-6-5-7-12(16)2)18(21)13-9-10-17(22-3)14(19)11-13/h9-12,15-16,20H,4-8,19H2,1-3H3. The fourth-order valence-corrected chi connectivity index (χ4v) is 3.29. The van der Waals surface area contributed by atoms with Crippen LogP contribution in [0.4, 0.5) is 5.69 Å². The lowest BCUT2D eigenvalue weighted by Gasteiger charge is -2.32. The fourth-order valence-electron chi connectivity index (χ4n) is 3.29. The van der Waals surface area contributed by atoms with Gasteiger partial charge in [-0.15, -0.1) is 0 Å². The van der Waals surface area contributed by atoms with Crippen molar-refractivity contribution in [2.24, 2.45) is 5.92 Å². The van der Waals surface area contributed by atoms with Crippen LogP contribution in [0.1, 0.15) is 56.3 Å². The van der Waals surface area contributed by atoms with Gasteiger partial charge in [0.05, 0.1) is 18.8 Å². The number of ketones is 1. The molecule has 0 bridgehead atoms. The van der Waals surface area contributed by atoms with Gasteiger partial charge >= 0.3 is 0 Å².